The smallest absolute Gasteiger partial charge is 0.406 e. The average molecular weight is 352 g/mol. The highest BCUT2D eigenvalue weighted by Crippen LogP contribution is 2.32. The van der Waals surface area contributed by atoms with Crippen LogP contribution in [-0.2, 0) is 0 Å². The zero-order valence-corrected chi connectivity index (χ0v) is 11.8. The highest BCUT2D eigenvalue weighted by Gasteiger charge is 2.31. The van der Waals surface area contributed by atoms with Gasteiger partial charge in [-0.2, -0.15) is 0 Å². The second-order valence-corrected chi connectivity index (χ2v) is 5.53. The van der Waals surface area contributed by atoms with E-state index in [0.717, 1.165) is 14.9 Å². The van der Waals surface area contributed by atoms with E-state index in [1.165, 1.54) is 35.6 Å². The first-order valence-corrected chi connectivity index (χ1v) is 6.88. The van der Waals surface area contributed by atoms with Gasteiger partial charge in [-0.25, -0.2) is 0 Å². The highest BCUT2D eigenvalue weighted by molar-refractivity contribution is 9.10. The first kappa shape index (κ1) is 14.4. The Balaban J connectivity index is 2.17. The molecule has 1 aromatic heterocycles. The van der Waals surface area contributed by atoms with E-state index in [4.69, 9.17) is 5.73 Å². The molecule has 102 valence electrons. The third kappa shape index (κ3) is 3.71. The van der Waals surface area contributed by atoms with Crippen molar-refractivity contribution < 1.29 is 17.9 Å². The van der Waals surface area contributed by atoms with Crippen LogP contribution in [0.15, 0.2) is 40.2 Å². The van der Waals surface area contributed by atoms with Crippen LogP contribution in [0.3, 0.4) is 0 Å². The quantitative estimate of drug-likeness (QED) is 0.885. The van der Waals surface area contributed by atoms with Crippen molar-refractivity contribution in [3.63, 3.8) is 0 Å². The summed E-state index contributed by atoms with van der Waals surface area (Å²) < 4.78 is 40.8. The van der Waals surface area contributed by atoms with Crippen LogP contribution in [-0.4, -0.2) is 6.36 Å². The summed E-state index contributed by atoms with van der Waals surface area (Å²) >= 11 is 4.86. The first-order chi connectivity index (χ1) is 8.87. The van der Waals surface area contributed by atoms with E-state index >= 15 is 0 Å². The summed E-state index contributed by atoms with van der Waals surface area (Å²) in [4.78, 5) is 0.921. The molecule has 0 bridgehead atoms. The number of ether oxygens (including phenoxy) is 1. The van der Waals surface area contributed by atoms with Gasteiger partial charge in [-0.1, -0.05) is 12.1 Å². The molecule has 0 unspecified atom stereocenters. The van der Waals surface area contributed by atoms with Gasteiger partial charge in [0.1, 0.15) is 5.75 Å². The summed E-state index contributed by atoms with van der Waals surface area (Å²) in [5, 5.41) is 1.89. The molecule has 0 saturated carbocycles. The van der Waals surface area contributed by atoms with Crippen LogP contribution < -0.4 is 10.5 Å². The Bertz CT molecular complexity index is 553. The minimum absolute atomic E-state index is 0.256. The maximum atomic E-state index is 12.0. The lowest BCUT2D eigenvalue weighted by atomic mass is 10.1. The Kier molecular flexibility index (Phi) is 4.17. The van der Waals surface area contributed by atoms with Gasteiger partial charge >= 0.3 is 6.36 Å². The van der Waals surface area contributed by atoms with Crippen LogP contribution in [0.1, 0.15) is 16.5 Å². The third-order valence-corrected chi connectivity index (χ3v) is 4.35. The molecule has 0 aliphatic heterocycles. The molecule has 0 aliphatic carbocycles. The predicted octanol–water partition coefficient (Wildman–Crippen LogP) is 4.46. The minimum atomic E-state index is -4.68. The van der Waals surface area contributed by atoms with Crippen LogP contribution in [0.25, 0.3) is 0 Å². The van der Waals surface area contributed by atoms with Gasteiger partial charge in [-0.15, -0.1) is 24.5 Å². The van der Waals surface area contributed by atoms with E-state index in [0.29, 0.717) is 0 Å². The molecule has 0 radical (unpaired) electrons. The molecule has 1 heterocycles. The number of benzene rings is 1. The fraction of sp³-hybridized carbons (Fsp3) is 0.167. The van der Waals surface area contributed by atoms with E-state index in [1.54, 1.807) is 0 Å². The van der Waals surface area contributed by atoms with Crippen LogP contribution in [0.2, 0.25) is 0 Å². The SMILES string of the molecule is N[C@H](c1ccc(OC(F)(F)F)cc1)c1sccc1Br. The molecular formula is C12H9BrF3NOS. The van der Waals surface area contributed by atoms with Gasteiger partial charge < -0.3 is 10.5 Å². The fourth-order valence-corrected chi connectivity index (χ4v) is 3.20. The number of thiophene rings is 1. The molecule has 7 heteroatoms. The normalized spacial score (nSPS) is 13.3. The topological polar surface area (TPSA) is 35.2 Å². The van der Waals surface area contributed by atoms with Gasteiger partial charge in [0, 0.05) is 9.35 Å². The van der Waals surface area contributed by atoms with Crippen LogP contribution in [0, 0.1) is 0 Å². The van der Waals surface area contributed by atoms with Crippen molar-refractivity contribution in [3.8, 4) is 5.75 Å². The summed E-state index contributed by atoms with van der Waals surface area (Å²) in [6.07, 6.45) is -4.68. The molecule has 0 amide bonds. The van der Waals surface area contributed by atoms with Crippen LogP contribution >= 0.6 is 27.3 Å². The molecule has 0 fully saturated rings. The minimum Gasteiger partial charge on any atom is -0.406 e. The zero-order valence-electron chi connectivity index (χ0n) is 9.45. The molecule has 2 N–H and O–H groups in total. The lowest BCUT2D eigenvalue weighted by molar-refractivity contribution is -0.274. The molecule has 2 nitrogen and oxygen atoms in total. The van der Waals surface area contributed by atoms with Crippen molar-refractivity contribution in [3.05, 3.63) is 50.6 Å². The number of hydrogen-bond donors (Lipinski definition) is 1. The Morgan fingerprint density at radius 1 is 1.16 bits per heavy atom. The van der Waals surface area contributed by atoms with Gasteiger partial charge in [0.15, 0.2) is 0 Å². The lowest BCUT2D eigenvalue weighted by Crippen LogP contribution is -2.17. The van der Waals surface area contributed by atoms with Crippen molar-refractivity contribution in [2.45, 2.75) is 12.4 Å². The Labute approximate surface area is 120 Å². The summed E-state index contributed by atoms with van der Waals surface area (Å²) in [5.41, 5.74) is 6.78. The molecule has 2 aromatic rings. The Hall–Kier alpha value is -1.05. The number of rotatable bonds is 3. The van der Waals surface area contributed by atoms with Crippen LogP contribution in [0.5, 0.6) is 5.75 Å². The second kappa shape index (κ2) is 5.52. The monoisotopic (exact) mass is 351 g/mol. The first-order valence-electron chi connectivity index (χ1n) is 5.21. The van der Waals surface area contributed by atoms with Crippen molar-refractivity contribution in [1.82, 2.24) is 0 Å². The summed E-state index contributed by atoms with van der Waals surface area (Å²) in [6, 6.07) is 7.06. The predicted molar refractivity (Wildman–Crippen MR) is 71.2 cm³/mol. The average Bonchev–Trinajstić information content (AvgIpc) is 2.73. The summed E-state index contributed by atoms with van der Waals surface area (Å²) in [5.74, 6) is -0.256. The molecule has 1 aromatic carbocycles. The van der Waals surface area contributed by atoms with Crippen molar-refractivity contribution >= 4 is 27.3 Å². The van der Waals surface area contributed by atoms with Gasteiger partial charge in [0.05, 0.1) is 6.04 Å². The molecule has 19 heavy (non-hydrogen) atoms. The molecule has 0 saturated heterocycles. The summed E-state index contributed by atoms with van der Waals surface area (Å²) in [6.45, 7) is 0. The maximum Gasteiger partial charge on any atom is 0.573 e. The second-order valence-electron chi connectivity index (χ2n) is 3.73. The van der Waals surface area contributed by atoms with Crippen molar-refractivity contribution in [2.75, 3.05) is 0 Å². The molecule has 2 rings (SSSR count). The van der Waals surface area contributed by atoms with Gasteiger partial charge in [-0.3, -0.25) is 0 Å². The number of nitrogens with two attached hydrogens (primary N) is 1. The largest absolute Gasteiger partial charge is 0.573 e. The molecule has 1 atom stereocenters. The molecule has 0 spiro atoms. The van der Waals surface area contributed by atoms with Gasteiger partial charge in [0.2, 0.25) is 0 Å². The maximum absolute atomic E-state index is 12.0. The number of halogens is 4. The van der Waals surface area contributed by atoms with E-state index in [1.807, 2.05) is 11.4 Å². The van der Waals surface area contributed by atoms with E-state index < -0.39 is 6.36 Å². The highest BCUT2D eigenvalue weighted by atomic mass is 79.9. The fourth-order valence-electron chi connectivity index (χ4n) is 1.56. The van der Waals surface area contributed by atoms with Gasteiger partial charge in [-0.05, 0) is 45.1 Å². The van der Waals surface area contributed by atoms with Gasteiger partial charge in [0.25, 0.3) is 0 Å². The summed E-state index contributed by atoms with van der Waals surface area (Å²) in [7, 11) is 0. The van der Waals surface area contributed by atoms with E-state index in [9.17, 15) is 13.2 Å². The molecular weight excluding hydrogens is 343 g/mol. The zero-order chi connectivity index (χ0) is 14.0. The Morgan fingerprint density at radius 2 is 1.79 bits per heavy atom. The van der Waals surface area contributed by atoms with Crippen molar-refractivity contribution in [2.24, 2.45) is 5.73 Å². The third-order valence-electron chi connectivity index (χ3n) is 2.40. The van der Waals surface area contributed by atoms with Crippen molar-refractivity contribution in [1.29, 1.82) is 0 Å². The standard InChI is InChI=1S/C12H9BrF3NOS/c13-9-5-6-19-11(9)10(17)7-1-3-8(4-2-7)18-12(14,15)16/h1-6,10H,17H2/t10-/m1/s1. The lowest BCUT2D eigenvalue weighted by Gasteiger charge is -2.13. The number of alkyl halides is 3. The van der Waals surface area contributed by atoms with E-state index in [-0.39, 0.29) is 11.8 Å². The Morgan fingerprint density at radius 3 is 2.26 bits per heavy atom. The molecule has 0 aliphatic rings. The number of hydrogen-bond acceptors (Lipinski definition) is 3. The van der Waals surface area contributed by atoms with Crippen LogP contribution in [0.4, 0.5) is 13.2 Å². The van der Waals surface area contributed by atoms with E-state index in [2.05, 4.69) is 20.7 Å².